The third kappa shape index (κ3) is 4.12. The van der Waals surface area contributed by atoms with Crippen LogP contribution in [0, 0.1) is 5.82 Å². The molecule has 0 amide bonds. The zero-order valence-electron chi connectivity index (χ0n) is 11.6. The quantitative estimate of drug-likeness (QED) is 0.648. The van der Waals surface area contributed by atoms with Crippen molar-refractivity contribution in [1.29, 1.82) is 0 Å². The first kappa shape index (κ1) is 16.6. The van der Waals surface area contributed by atoms with E-state index in [-0.39, 0.29) is 16.9 Å². The van der Waals surface area contributed by atoms with Crippen LogP contribution < -0.4 is 5.32 Å². The van der Waals surface area contributed by atoms with Crippen molar-refractivity contribution in [1.82, 2.24) is 5.32 Å². The second-order valence-corrected chi connectivity index (χ2v) is 7.68. The highest BCUT2D eigenvalue weighted by Crippen LogP contribution is 2.35. The summed E-state index contributed by atoms with van der Waals surface area (Å²) >= 11 is 11.2. The van der Waals surface area contributed by atoms with E-state index in [1.54, 1.807) is 0 Å². The van der Waals surface area contributed by atoms with Crippen LogP contribution >= 0.6 is 39.3 Å². The highest BCUT2D eigenvalue weighted by molar-refractivity contribution is 9.10. The van der Waals surface area contributed by atoms with Gasteiger partial charge >= 0.3 is 0 Å². The summed E-state index contributed by atoms with van der Waals surface area (Å²) in [4.78, 5) is 0. The minimum absolute atomic E-state index is 0.0243. The molecule has 0 aliphatic heterocycles. The second-order valence-electron chi connectivity index (χ2n) is 5.11. The van der Waals surface area contributed by atoms with Gasteiger partial charge in [-0.3, -0.25) is 0 Å². The van der Waals surface area contributed by atoms with Gasteiger partial charge in [-0.05, 0) is 41.4 Å². The van der Waals surface area contributed by atoms with Crippen LogP contribution in [0.4, 0.5) is 4.39 Å². The molecule has 1 aromatic rings. The fourth-order valence-corrected chi connectivity index (χ4v) is 4.51. The van der Waals surface area contributed by atoms with E-state index in [2.05, 4.69) is 21.2 Å². The lowest BCUT2D eigenvalue weighted by atomic mass is 10.1. The average molecular weight is 381 g/mol. The minimum Gasteiger partial charge on any atom is -0.309 e. The Morgan fingerprint density at radius 3 is 2.80 bits per heavy atom. The molecule has 1 unspecified atom stereocenters. The maximum Gasteiger partial charge on any atom is 0.147 e. The molecule has 1 saturated carbocycles. The third-order valence-corrected chi connectivity index (χ3v) is 6.42. The van der Waals surface area contributed by atoms with Crippen LogP contribution in [0.1, 0.15) is 44.2 Å². The number of benzene rings is 1. The van der Waals surface area contributed by atoms with Crippen LogP contribution in [-0.2, 0) is 0 Å². The van der Waals surface area contributed by atoms with Gasteiger partial charge in [0.1, 0.15) is 5.82 Å². The summed E-state index contributed by atoms with van der Waals surface area (Å²) in [6, 6.07) is 3.68. The Morgan fingerprint density at radius 1 is 1.45 bits per heavy atom. The molecule has 0 aromatic heterocycles. The summed E-state index contributed by atoms with van der Waals surface area (Å²) in [5.41, 5.74) is 0.672. The zero-order valence-corrected chi connectivity index (χ0v) is 14.8. The van der Waals surface area contributed by atoms with Gasteiger partial charge in [-0.1, -0.05) is 37.4 Å². The lowest BCUT2D eigenvalue weighted by Crippen LogP contribution is -2.24. The SMILES string of the molecule is CCNC(CSC1CCCC1)c1ccc(Br)c(Cl)c1F. The first-order chi connectivity index (χ1) is 9.63. The minimum atomic E-state index is -0.306. The highest BCUT2D eigenvalue weighted by atomic mass is 79.9. The molecule has 1 fully saturated rings. The predicted molar refractivity (Wildman–Crippen MR) is 90.2 cm³/mol. The Morgan fingerprint density at radius 2 is 2.15 bits per heavy atom. The van der Waals surface area contributed by atoms with Gasteiger partial charge in [0.05, 0.1) is 5.02 Å². The fourth-order valence-electron chi connectivity index (χ4n) is 2.60. The molecular weight excluding hydrogens is 361 g/mol. The molecule has 2 rings (SSSR count). The van der Waals surface area contributed by atoms with Crippen LogP contribution in [0.2, 0.25) is 5.02 Å². The molecule has 0 heterocycles. The molecule has 5 heteroatoms. The van der Waals surface area contributed by atoms with Gasteiger partial charge in [0.2, 0.25) is 0 Å². The molecule has 0 saturated heterocycles. The van der Waals surface area contributed by atoms with E-state index < -0.39 is 0 Å². The van der Waals surface area contributed by atoms with Crippen molar-refractivity contribution >= 4 is 39.3 Å². The Kier molecular flexibility index (Phi) is 6.66. The maximum absolute atomic E-state index is 14.3. The van der Waals surface area contributed by atoms with Crippen molar-refractivity contribution in [2.45, 2.75) is 43.9 Å². The third-order valence-electron chi connectivity index (χ3n) is 3.69. The van der Waals surface area contributed by atoms with E-state index in [0.717, 1.165) is 17.5 Å². The topological polar surface area (TPSA) is 12.0 Å². The molecule has 0 radical (unpaired) electrons. The van der Waals surface area contributed by atoms with E-state index >= 15 is 0 Å². The van der Waals surface area contributed by atoms with Gasteiger partial charge in [0.15, 0.2) is 0 Å². The molecule has 1 aromatic carbocycles. The predicted octanol–water partition coefficient (Wildman–Crippen LogP) is 5.57. The Balaban J connectivity index is 2.08. The molecule has 0 bridgehead atoms. The number of nitrogens with one attached hydrogen (secondary N) is 1. The summed E-state index contributed by atoms with van der Waals surface area (Å²) in [6.07, 6.45) is 5.27. The van der Waals surface area contributed by atoms with Gasteiger partial charge < -0.3 is 5.32 Å². The van der Waals surface area contributed by atoms with Gasteiger partial charge in [-0.25, -0.2) is 4.39 Å². The Bertz CT molecular complexity index is 452. The van der Waals surface area contributed by atoms with Crippen molar-refractivity contribution in [2.75, 3.05) is 12.3 Å². The second kappa shape index (κ2) is 8.02. The average Bonchev–Trinajstić information content (AvgIpc) is 2.95. The smallest absolute Gasteiger partial charge is 0.147 e. The van der Waals surface area contributed by atoms with E-state index in [9.17, 15) is 4.39 Å². The van der Waals surface area contributed by atoms with E-state index in [1.807, 2.05) is 30.8 Å². The number of hydrogen-bond donors (Lipinski definition) is 1. The summed E-state index contributed by atoms with van der Waals surface area (Å²) in [7, 11) is 0. The maximum atomic E-state index is 14.3. The van der Waals surface area contributed by atoms with E-state index in [4.69, 9.17) is 11.6 Å². The van der Waals surface area contributed by atoms with E-state index in [0.29, 0.717) is 10.0 Å². The first-order valence-corrected chi connectivity index (χ1v) is 9.33. The lowest BCUT2D eigenvalue weighted by Gasteiger charge is -2.21. The summed E-state index contributed by atoms with van der Waals surface area (Å²) in [5.74, 6) is 0.590. The van der Waals surface area contributed by atoms with Crippen LogP contribution in [0.25, 0.3) is 0 Å². The van der Waals surface area contributed by atoms with Gasteiger partial charge in [-0.2, -0.15) is 11.8 Å². The standard InChI is InChI=1S/C15H20BrClFNS/c1-2-19-13(9-20-10-5-3-4-6-10)11-7-8-12(16)14(17)15(11)18/h7-8,10,13,19H,2-6,9H2,1H3. The monoisotopic (exact) mass is 379 g/mol. The van der Waals surface area contributed by atoms with Crippen molar-refractivity contribution in [3.05, 3.63) is 33.0 Å². The highest BCUT2D eigenvalue weighted by Gasteiger charge is 2.22. The van der Waals surface area contributed by atoms with Crippen molar-refractivity contribution in [2.24, 2.45) is 0 Å². The number of hydrogen-bond acceptors (Lipinski definition) is 2. The molecule has 1 N–H and O–H groups in total. The molecule has 1 aliphatic carbocycles. The summed E-state index contributed by atoms with van der Waals surface area (Å²) < 4.78 is 14.9. The van der Waals surface area contributed by atoms with Crippen molar-refractivity contribution in [3.63, 3.8) is 0 Å². The number of rotatable bonds is 6. The van der Waals surface area contributed by atoms with Crippen LogP contribution in [0.5, 0.6) is 0 Å². The van der Waals surface area contributed by atoms with Crippen LogP contribution in [-0.4, -0.2) is 17.5 Å². The first-order valence-electron chi connectivity index (χ1n) is 7.11. The van der Waals surface area contributed by atoms with Crippen LogP contribution in [0.3, 0.4) is 0 Å². The van der Waals surface area contributed by atoms with Gasteiger partial charge in [-0.15, -0.1) is 0 Å². The van der Waals surface area contributed by atoms with Crippen molar-refractivity contribution < 1.29 is 4.39 Å². The molecule has 20 heavy (non-hydrogen) atoms. The van der Waals surface area contributed by atoms with Crippen molar-refractivity contribution in [3.8, 4) is 0 Å². The molecule has 1 nitrogen and oxygen atoms in total. The number of thioether (sulfide) groups is 1. The molecule has 0 spiro atoms. The number of halogens is 3. The summed E-state index contributed by atoms with van der Waals surface area (Å²) in [6.45, 7) is 2.87. The molecule has 1 aliphatic rings. The normalized spacial score (nSPS) is 17.6. The Hall–Kier alpha value is 0.230. The molecular formula is C15H20BrClFNS. The molecule has 112 valence electrons. The fraction of sp³-hybridized carbons (Fsp3) is 0.600. The van der Waals surface area contributed by atoms with Crippen LogP contribution in [0.15, 0.2) is 16.6 Å². The Labute approximate surface area is 138 Å². The van der Waals surface area contributed by atoms with E-state index in [1.165, 1.54) is 25.7 Å². The van der Waals surface area contributed by atoms with Gasteiger partial charge in [0, 0.05) is 27.1 Å². The summed E-state index contributed by atoms with van der Waals surface area (Å²) in [5, 5.41) is 4.29. The van der Waals surface area contributed by atoms with Gasteiger partial charge in [0.25, 0.3) is 0 Å². The largest absolute Gasteiger partial charge is 0.309 e. The lowest BCUT2D eigenvalue weighted by molar-refractivity contribution is 0.545. The molecule has 1 atom stereocenters. The zero-order chi connectivity index (χ0) is 14.5.